The van der Waals surface area contributed by atoms with Gasteiger partial charge in [-0.15, -0.1) is 0 Å². The predicted octanol–water partition coefficient (Wildman–Crippen LogP) is 3.70. The van der Waals surface area contributed by atoms with E-state index < -0.39 is 0 Å². The van der Waals surface area contributed by atoms with Crippen LogP contribution in [0.15, 0.2) is 42.7 Å². The summed E-state index contributed by atoms with van der Waals surface area (Å²) >= 11 is 0. The Morgan fingerprint density at radius 2 is 1.81 bits per heavy atom. The summed E-state index contributed by atoms with van der Waals surface area (Å²) < 4.78 is 6.01. The van der Waals surface area contributed by atoms with Gasteiger partial charge in [-0.2, -0.15) is 4.98 Å². The van der Waals surface area contributed by atoms with Gasteiger partial charge in [0.25, 0.3) is 0 Å². The van der Waals surface area contributed by atoms with Gasteiger partial charge < -0.3 is 4.74 Å². The monoisotopic (exact) mass is 277 g/mol. The number of ether oxygens (including phenoxy) is 1. The Labute approximate surface area is 122 Å². The van der Waals surface area contributed by atoms with E-state index in [1.807, 2.05) is 18.2 Å². The molecule has 0 unspecified atom stereocenters. The zero-order valence-electron chi connectivity index (χ0n) is 11.6. The molecule has 104 valence electrons. The fraction of sp³-hybridized carbons (Fsp3) is 0.235. The van der Waals surface area contributed by atoms with Gasteiger partial charge in [0, 0.05) is 18.5 Å². The molecule has 0 atom stereocenters. The van der Waals surface area contributed by atoms with Crippen molar-refractivity contribution in [3.8, 4) is 11.6 Å². The van der Waals surface area contributed by atoms with Crippen LogP contribution in [0, 0.1) is 0 Å². The molecule has 1 aromatic carbocycles. The Morgan fingerprint density at radius 1 is 0.905 bits per heavy atom. The van der Waals surface area contributed by atoms with Crippen molar-refractivity contribution in [1.82, 2.24) is 15.0 Å². The molecule has 3 aromatic rings. The van der Waals surface area contributed by atoms with Crippen molar-refractivity contribution in [1.29, 1.82) is 0 Å². The maximum Gasteiger partial charge on any atom is 0.221 e. The molecule has 0 fully saturated rings. The average molecular weight is 277 g/mol. The summed E-state index contributed by atoms with van der Waals surface area (Å²) in [4.78, 5) is 12.9. The molecule has 0 spiro atoms. The standard InChI is InChI=1S/C17H15N3O/c1-2-6-13-12(4-1)5-3-7-15(13)21-16-9-8-14-17(20-16)19-11-10-18-14/h3,5,7-11H,1-2,4,6H2. The second kappa shape index (κ2) is 5.13. The third kappa shape index (κ3) is 2.33. The van der Waals surface area contributed by atoms with Crippen LogP contribution >= 0.6 is 0 Å². The number of aryl methyl sites for hydroxylation is 1. The zero-order chi connectivity index (χ0) is 14.1. The highest BCUT2D eigenvalue weighted by atomic mass is 16.5. The van der Waals surface area contributed by atoms with Gasteiger partial charge in [-0.1, -0.05) is 12.1 Å². The van der Waals surface area contributed by atoms with Crippen molar-refractivity contribution in [2.45, 2.75) is 25.7 Å². The zero-order valence-corrected chi connectivity index (χ0v) is 11.6. The molecule has 4 heteroatoms. The molecule has 0 amide bonds. The fourth-order valence-corrected chi connectivity index (χ4v) is 2.85. The molecule has 4 rings (SSSR count). The summed E-state index contributed by atoms with van der Waals surface area (Å²) in [6.45, 7) is 0. The molecule has 0 bridgehead atoms. The molecule has 2 heterocycles. The van der Waals surface area contributed by atoms with E-state index in [0.29, 0.717) is 11.5 Å². The lowest BCUT2D eigenvalue weighted by atomic mass is 9.91. The van der Waals surface area contributed by atoms with Crippen LogP contribution in [0.2, 0.25) is 0 Å². The van der Waals surface area contributed by atoms with Crippen LogP contribution in [0.1, 0.15) is 24.0 Å². The summed E-state index contributed by atoms with van der Waals surface area (Å²) in [6, 6.07) is 10.0. The SMILES string of the molecule is c1cc2c(c(Oc3ccc4nccnc4n3)c1)CCCC2. The first kappa shape index (κ1) is 12.3. The lowest BCUT2D eigenvalue weighted by molar-refractivity contribution is 0.454. The Kier molecular flexibility index (Phi) is 2.99. The number of hydrogen-bond acceptors (Lipinski definition) is 4. The van der Waals surface area contributed by atoms with Crippen LogP contribution in [0.4, 0.5) is 0 Å². The quantitative estimate of drug-likeness (QED) is 0.716. The smallest absolute Gasteiger partial charge is 0.221 e. The molecule has 4 nitrogen and oxygen atoms in total. The molecule has 0 saturated heterocycles. The van der Waals surface area contributed by atoms with Crippen LogP contribution in [-0.4, -0.2) is 15.0 Å². The Hall–Kier alpha value is -2.49. The lowest BCUT2D eigenvalue weighted by Crippen LogP contribution is -2.04. The normalized spacial score (nSPS) is 13.9. The van der Waals surface area contributed by atoms with Gasteiger partial charge in [0.1, 0.15) is 11.3 Å². The van der Waals surface area contributed by atoms with E-state index >= 15 is 0 Å². The average Bonchev–Trinajstić information content (AvgIpc) is 2.55. The molecule has 2 aromatic heterocycles. The van der Waals surface area contributed by atoms with Crippen molar-refractivity contribution < 1.29 is 4.74 Å². The molecular weight excluding hydrogens is 262 g/mol. The van der Waals surface area contributed by atoms with Crippen molar-refractivity contribution in [2.75, 3.05) is 0 Å². The third-order valence-electron chi connectivity index (χ3n) is 3.87. The van der Waals surface area contributed by atoms with Crippen molar-refractivity contribution in [2.24, 2.45) is 0 Å². The molecule has 0 saturated carbocycles. The Morgan fingerprint density at radius 3 is 2.81 bits per heavy atom. The minimum absolute atomic E-state index is 0.571. The minimum atomic E-state index is 0.571. The van der Waals surface area contributed by atoms with E-state index in [-0.39, 0.29) is 0 Å². The van der Waals surface area contributed by atoms with Gasteiger partial charge in [0.2, 0.25) is 5.88 Å². The second-order valence-electron chi connectivity index (χ2n) is 5.25. The van der Waals surface area contributed by atoms with Crippen LogP contribution < -0.4 is 4.74 Å². The molecular formula is C17H15N3O. The third-order valence-corrected chi connectivity index (χ3v) is 3.87. The number of rotatable bonds is 2. The molecule has 0 N–H and O–H groups in total. The highest BCUT2D eigenvalue weighted by Crippen LogP contribution is 2.32. The van der Waals surface area contributed by atoms with Crippen LogP contribution in [-0.2, 0) is 12.8 Å². The maximum atomic E-state index is 6.01. The largest absolute Gasteiger partial charge is 0.439 e. The highest BCUT2D eigenvalue weighted by Gasteiger charge is 2.14. The molecule has 0 aliphatic heterocycles. The van der Waals surface area contributed by atoms with Gasteiger partial charge in [-0.3, -0.25) is 4.98 Å². The first-order chi connectivity index (χ1) is 10.4. The topological polar surface area (TPSA) is 47.9 Å². The fourth-order valence-electron chi connectivity index (χ4n) is 2.85. The van der Waals surface area contributed by atoms with Crippen molar-refractivity contribution in [3.63, 3.8) is 0 Å². The van der Waals surface area contributed by atoms with Crippen molar-refractivity contribution >= 4 is 11.2 Å². The lowest BCUT2D eigenvalue weighted by Gasteiger charge is -2.18. The highest BCUT2D eigenvalue weighted by molar-refractivity contribution is 5.69. The van der Waals surface area contributed by atoms with E-state index in [2.05, 4.69) is 27.1 Å². The summed E-state index contributed by atoms with van der Waals surface area (Å²) in [7, 11) is 0. The maximum absolute atomic E-state index is 6.01. The molecule has 21 heavy (non-hydrogen) atoms. The van der Waals surface area contributed by atoms with Gasteiger partial charge in [-0.25, -0.2) is 4.98 Å². The number of nitrogens with zero attached hydrogens (tertiary/aromatic N) is 3. The summed E-state index contributed by atoms with van der Waals surface area (Å²) in [5.74, 6) is 1.49. The molecule has 0 radical (unpaired) electrons. The summed E-state index contributed by atoms with van der Waals surface area (Å²) in [6.07, 6.45) is 8.02. The first-order valence-corrected chi connectivity index (χ1v) is 7.26. The van der Waals surface area contributed by atoms with Gasteiger partial charge >= 0.3 is 0 Å². The minimum Gasteiger partial charge on any atom is -0.439 e. The summed E-state index contributed by atoms with van der Waals surface area (Å²) in [5.41, 5.74) is 4.11. The van der Waals surface area contributed by atoms with Crippen LogP contribution in [0.5, 0.6) is 11.6 Å². The number of hydrogen-bond donors (Lipinski definition) is 0. The van der Waals surface area contributed by atoms with Crippen molar-refractivity contribution in [3.05, 3.63) is 53.9 Å². The second-order valence-corrected chi connectivity index (χ2v) is 5.25. The van der Waals surface area contributed by atoms with E-state index in [0.717, 1.165) is 24.1 Å². The molecule has 1 aliphatic carbocycles. The predicted molar refractivity (Wildman–Crippen MR) is 80.5 cm³/mol. The van der Waals surface area contributed by atoms with Gasteiger partial charge in [-0.05, 0) is 48.9 Å². The first-order valence-electron chi connectivity index (χ1n) is 7.26. The number of fused-ring (bicyclic) bond motifs is 2. The van der Waals surface area contributed by atoms with Crippen LogP contribution in [0.3, 0.4) is 0 Å². The van der Waals surface area contributed by atoms with E-state index in [4.69, 9.17) is 4.74 Å². The molecule has 1 aliphatic rings. The summed E-state index contributed by atoms with van der Waals surface area (Å²) in [5, 5.41) is 0. The van der Waals surface area contributed by atoms with E-state index in [1.54, 1.807) is 12.4 Å². The van der Waals surface area contributed by atoms with Gasteiger partial charge in [0.05, 0.1) is 0 Å². The number of pyridine rings is 1. The van der Waals surface area contributed by atoms with Crippen LogP contribution in [0.25, 0.3) is 11.2 Å². The van der Waals surface area contributed by atoms with E-state index in [1.165, 1.54) is 24.0 Å². The Balaban J connectivity index is 1.71. The number of aromatic nitrogens is 3. The number of benzene rings is 1. The van der Waals surface area contributed by atoms with E-state index in [9.17, 15) is 0 Å². The Bertz CT molecular complexity index is 801. The van der Waals surface area contributed by atoms with Gasteiger partial charge in [0.15, 0.2) is 5.65 Å².